The van der Waals surface area contributed by atoms with Crippen LogP contribution in [0.5, 0.6) is 0 Å². The molecule has 0 spiro atoms. The van der Waals surface area contributed by atoms with Crippen molar-refractivity contribution in [1.82, 2.24) is 15.0 Å². The van der Waals surface area contributed by atoms with Gasteiger partial charge in [0.05, 0.1) is 5.35 Å². The highest BCUT2D eigenvalue weighted by Gasteiger charge is 2.23. The number of H-pyrrole nitrogens is 3. The highest BCUT2D eigenvalue weighted by atomic mass is 16.1. The van der Waals surface area contributed by atoms with Gasteiger partial charge in [-0.3, -0.25) is 9.59 Å². The van der Waals surface area contributed by atoms with Crippen LogP contribution in [0.2, 0.25) is 0 Å². The first-order valence-electron chi connectivity index (χ1n) is 7.61. The van der Waals surface area contributed by atoms with Crippen molar-refractivity contribution in [3.63, 3.8) is 0 Å². The van der Waals surface area contributed by atoms with Crippen LogP contribution < -0.4 is 21.8 Å². The molecule has 0 bridgehead atoms. The first-order valence-corrected chi connectivity index (χ1v) is 7.61. The lowest BCUT2D eigenvalue weighted by molar-refractivity contribution is 0.651. The second kappa shape index (κ2) is 5.53. The third-order valence-corrected chi connectivity index (χ3v) is 4.22. The second-order valence-electron chi connectivity index (χ2n) is 6.33. The van der Waals surface area contributed by atoms with E-state index in [2.05, 4.69) is 28.1 Å². The Balaban J connectivity index is 2.44. The predicted octanol–water partition coefficient (Wildman–Crippen LogP) is 1.25. The van der Waals surface area contributed by atoms with Gasteiger partial charge >= 0.3 is 0 Å². The molecule has 5 nitrogen and oxygen atoms in total. The summed E-state index contributed by atoms with van der Waals surface area (Å²) in [7, 11) is 0. The van der Waals surface area contributed by atoms with Crippen LogP contribution in [0.15, 0.2) is 46.5 Å². The fraction of sp³-hybridized carbons (Fsp3) is 0.158. The van der Waals surface area contributed by atoms with E-state index in [9.17, 15) is 9.59 Å². The smallest absolute Gasteiger partial charge is 0.272 e. The van der Waals surface area contributed by atoms with Crippen molar-refractivity contribution in [2.24, 2.45) is 0 Å². The number of fused-ring (bicyclic) bond motifs is 1. The minimum absolute atomic E-state index is 0.0442. The Labute approximate surface area is 138 Å². The van der Waals surface area contributed by atoms with Gasteiger partial charge < -0.3 is 15.0 Å². The SMILES string of the molecule is C=CC(C)(C)c1[nH]c2ccccc2c1/C=c1/[nH]c(=O)c(=C)[nH]c1=O. The number of rotatable bonds is 3. The Hall–Kier alpha value is -3.08. The number of hydrogen-bond acceptors (Lipinski definition) is 2. The molecule has 2 heterocycles. The highest BCUT2D eigenvalue weighted by molar-refractivity contribution is 5.91. The molecule has 0 radical (unpaired) electrons. The lowest BCUT2D eigenvalue weighted by atomic mass is 9.86. The molecule has 1 aromatic carbocycles. The van der Waals surface area contributed by atoms with E-state index in [1.54, 1.807) is 6.08 Å². The molecule has 3 aromatic rings. The van der Waals surface area contributed by atoms with Crippen LogP contribution in [-0.2, 0) is 5.41 Å². The van der Waals surface area contributed by atoms with Crippen molar-refractivity contribution in [2.75, 3.05) is 0 Å². The van der Waals surface area contributed by atoms with Crippen molar-refractivity contribution in [2.45, 2.75) is 19.3 Å². The zero-order chi connectivity index (χ0) is 17.5. The second-order valence-corrected chi connectivity index (χ2v) is 6.33. The Morgan fingerprint density at radius 2 is 1.75 bits per heavy atom. The van der Waals surface area contributed by atoms with Crippen LogP contribution in [-0.4, -0.2) is 15.0 Å². The molecule has 0 atom stereocenters. The third-order valence-electron chi connectivity index (χ3n) is 4.22. The summed E-state index contributed by atoms with van der Waals surface area (Å²) < 4.78 is 0. The Morgan fingerprint density at radius 3 is 2.46 bits per heavy atom. The summed E-state index contributed by atoms with van der Waals surface area (Å²) in [5, 5.41) is 1.21. The summed E-state index contributed by atoms with van der Waals surface area (Å²) in [4.78, 5) is 32.4. The van der Waals surface area contributed by atoms with Gasteiger partial charge in [-0.2, -0.15) is 0 Å². The van der Waals surface area contributed by atoms with Gasteiger partial charge in [0.2, 0.25) is 0 Å². The van der Waals surface area contributed by atoms with Gasteiger partial charge in [0.25, 0.3) is 11.1 Å². The van der Waals surface area contributed by atoms with Gasteiger partial charge in [0.1, 0.15) is 5.35 Å². The lowest BCUT2D eigenvalue weighted by Crippen LogP contribution is -2.46. The van der Waals surface area contributed by atoms with Crippen LogP contribution in [0, 0.1) is 0 Å². The van der Waals surface area contributed by atoms with Crippen molar-refractivity contribution < 1.29 is 0 Å². The summed E-state index contributed by atoms with van der Waals surface area (Å²) in [6.45, 7) is 11.5. The topological polar surface area (TPSA) is 81.5 Å². The molecule has 0 amide bonds. The van der Waals surface area contributed by atoms with Gasteiger partial charge in [-0.05, 0) is 12.1 Å². The standard InChI is InChI=1S/C19H19N3O2/c1-5-19(3,4)16-13(12-8-6-7-9-14(12)21-16)10-15-18(24)20-11(2)17(23)22-15/h5-10,21H,1-2H2,3-4H3,(H,20,24)(H,22,23)/b15-10+. The predicted molar refractivity (Wildman–Crippen MR) is 97.5 cm³/mol. The van der Waals surface area contributed by atoms with Crippen LogP contribution in [0.3, 0.4) is 0 Å². The molecule has 0 unspecified atom stereocenters. The van der Waals surface area contributed by atoms with E-state index in [0.717, 1.165) is 22.2 Å². The Kier molecular flexibility index (Phi) is 3.64. The van der Waals surface area contributed by atoms with E-state index >= 15 is 0 Å². The maximum atomic E-state index is 12.2. The number of para-hydroxylation sites is 1. The molecule has 3 N–H and O–H groups in total. The molecular formula is C19H19N3O2. The van der Waals surface area contributed by atoms with Gasteiger partial charge in [-0.1, -0.05) is 44.7 Å². The molecule has 5 heteroatoms. The zero-order valence-electron chi connectivity index (χ0n) is 13.7. The number of hydrogen-bond donors (Lipinski definition) is 3. The minimum atomic E-state index is -0.412. The van der Waals surface area contributed by atoms with E-state index in [4.69, 9.17) is 0 Å². The number of aromatic nitrogens is 3. The molecule has 122 valence electrons. The van der Waals surface area contributed by atoms with E-state index in [1.807, 2.05) is 44.2 Å². The summed E-state index contributed by atoms with van der Waals surface area (Å²) in [6.07, 6.45) is 3.54. The number of benzene rings is 1. The molecule has 0 fully saturated rings. The molecule has 0 saturated carbocycles. The molecule has 0 aliphatic heterocycles. The molecule has 0 saturated heterocycles. The Morgan fingerprint density at radius 1 is 1.04 bits per heavy atom. The minimum Gasteiger partial charge on any atom is -0.357 e. The average Bonchev–Trinajstić information content (AvgIpc) is 2.92. The van der Waals surface area contributed by atoms with Crippen LogP contribution >= 0.6 is 0 Å². The van der Waals surface area contributed by atoms with E-state index in [0.29, 0.717) is 0 Å². The molecule has 24 heavy (non-hydrogen) atoms. The van der Waals surface area contributed by atoms with Gasteiger partial charge in [-0.25, -0.2) is 0 Å². The molecule has 2 aromatic heterocycles. The highest BCUT2D eigenvalue weighted by Crippen LogP contribution is 2.32. The summed E-state index contributed by atoms with van der Waals surface area (Å²) in [5.74, 6) is 0. The van der Waals surface area contributed by atoms with Crippen molar-refractivity contribution in [3.05, 3.63) is 79.6 Å². The lowest BCUT2D eigenvalue weighted by Gasteiger charge is -2.19. The first kappa shape index (κ1) is 15.8. The molecule has 0 aliphatic carbocycles. The van der Waals surface area contributed by atoms with E-state index in [1.165, 1.54) is 0 Å². The fourth-order valence-electron chi connectivity index (χ4n) is 2.69. The van der Waals surface area contributed by atoms with Crippen molar-refractivity contribution in [1.29, 1.82) is 0 Å². The quantitative estimate of drug-likeness (QED) is 0.635. The number of nitrogens with one attached hydrogen (secondary N) is 3. The largest absolute Gasteiger partial charge is 0.357 e. The van der Waals surface area contributed by atoms with Gasteiger partial charge in [-0.15, -0.1) is 6.58 Å². The van der Waals surface area contributed by atoms with Crippen LogP contribution in [0.25, 0.3) is 23.6 Å². The first-order chi connectivity index (χ1) is 11.3. The van der Waals surface area contributed by atoms with E-state index < -0.39 is 5.56 Å². The van der Waals surface area contributed by atoms with Crippen LogP contribution in [0.4, 0.5) is 0 Å². The third kappa shape index (κ3) is 2.54. The maximum Gasteiger partial charge on any atom is 0.272 e. The number of aromatic amines is 3. The maximum absolute atomic E-state index is 12.2. The van der Waals surface area contributed by atoms with E-state index in [-0.39, 0.29) is 21.7 Å². The van der Waals surface area contributed by atoms with Crippen molar-refractivity contribution >= 4 is 23.6 Å². The Bertz CT molecular complexity index is 1160. The van der Waals surface area contributed by atoms with Gasteiger partial charge in [0, 0.05) is 27.6 Å². The molecular weight excluding hydrogens is 302 g/mol. The summed E-state index contributed by atoms with van der Waals surface area (Å²) in [5.41, 5.74) is 1.62. The normalized spacial score (nSPS) is 12.7. The monoisotopic (exact) mass is 321 g/mol. The summed E-state index contributed by atoms with van der Waals surface area (Å²) >= 11 is 0. The zero-order valence-corrected chi connectivity index (χ0v) is 13.7. The average molecular weight is 321 g/mol. The molecule has 0 aliphatic rings. The fourth-order valence-corrected chi connectivity index (χ4v) is 2.69. The van der Waals surface area contributed by atoms with Crippen LogP contribution in [0.1, 0.15) is 25.1 Å². The number of allylic oxidation sites excluding steroid dienone is 1. The summed E-state index contributed by atoms with van der Waals surface area (Å²) in [6, 6.07) is 7.83. The van der Waals surface area contributed by atoms with Crippen molar-refractivity contribution in [3.8, 4) is 0 Å². The molecule has 3 rings (SSSR count). The van der Waals surface area contributed by atoms with Gasteiger partial charge in [0.15, 0.2) is 0 Å².